The topological polar surface area (TPSA) is 51.6 Å². The summed E-state index contributed by atoms with van der Waals surface area (Å²) in [5.41, 5.74) is 0.214. The molecule has 0 unspecified atom stereocenters. The molecule has 1 spiro atoms. The van der Waals surface area contributed by atoms with Crippen LogP contribution in [0.3, 0.4) is 0 Å². The molecule has 1 saturated carbocycles. The second-order valence-electron chi connectivity index (χ2n) is 4.99. The molecule has 0 aromatic carbocycles. The molecule has 1 aliphatic heterocycles. The van der Waals surface area contributed by atoms with E-state index < -0.39 is 11.4 Å². The zero-order valence-corrected chi connectivity index (χ0v) is 12.2. The summed E-state index contributed by atoms with van der Waals surface area (Å²) in [5.74, 6) is -0.426. The number of hydrogen-bond donors (Lipinski definition) is 1. The van der Waals surface area contributed by atoms with Gasteiger partial charge in [-0.05, 0) is 47.1 Å². The van der Waals surface area contributed by atoms with Crippen LogP contribution in [-0.2, 0) is 15.1 Å². The average Bonchev–Trinajstić information content (AvgIpc) is 2.83. The molecular weight excluding hydrogens is 345 g/mol. The summed E-state index contributed by atoms with van der Waals surface area (Å²) < 4.78 is 12.4. The van der Waals surface area contributed by atoms with Crippen molar-refractivity contribution in [2.24, 2.45) is 0 Å². The summed E-state index contributed by atoms with van der Waals surface area (Å²) in [7, 11) is 0. The van der Waals surface area contributed by atoms with Crippen molar-refractivity contribution < 1.29 is 14.6 Å². The Kier molecular flexibility index (Phi) is 3.34. The number of halogens is 1. The minimum Gasteiger partial charge on any atom is -0.385 e. The van der Waals surface area contributed by atoms with Crippen molar-refractivity contribution in [3.63, 3.8) is 0 Å². The van der Waals surface area contributed by atoms with Gasteiger partial charge in [0.2, 0.25) is 0 Å². The third-order valence-corrected chi connectivity index (χ3v) is 4.79. The van der Waals surface area contributed by atoms with Crippen LogP contribution >= 0.6 is 22.6 Å². The average molecular weight is 361 g/mol. The number of nitrogens with zero attached hydrogens (tertiary/aromatic N) is 1. The molecule has 1 aromatic heterocycles. The fourth-order valence-corrected chi connectivity index (χ4v) is 3.69. The summed E-state index contributed by atoms with van der Waals surface area (Å²) in [4.78, 5) is 4.07. The van der Waals surface area contributed by atoms with Gasteiger partial charge in [0, 0.05) is 28.8 Å². The maximum Gasteiger partial charge on any atom is 0.168 e. The van der Waals surface area contributed by atoms with Crippen molar-refractivity contribution in [2.75, 3.05) is 13.2 Å². The first-order valence-corrected chi connectivity index (χ1v) is 7.32. The van der Waals surface area contributed by atoms with E-state index in [9.17, 15) is 5.11 Å². The smallest absolute Gasteiger partial charge is 0.168 e. The van der Waals surface area contributed by atoms with Crippen LogP contribution < -0.4 is 0 Å². The van der Waals surface area contributed by atoms with E-state index in [-0.39, 0.29) is 0 Å². The molecule has 98 valence electrons. The van der Waals surface area contributed by atoms with E-state index in [1.54, 1.807) is 12.4 Å². The maximum absolute atomic E-state index is 10.8. The molecule has 18 heavy (non-hydrogen) atoms. The predicted molar refractivity (Wildman–Crippen MR) is 74.0 cm³/mol. The van der Waals surface area contributed by atoms with Crippen LogP contribution in [0.5, 0.6) is 0 Å². The van der Waals surface area contributed by atoms with Gasteiger partial charge in [-0.25, -0.2) is 0 Å². The minimum atomic E-state index is -0.764. The standard InChI is InChI=1S/C13H16INO3/c14-11-9-15-6-1-10(11)12(16)2-4-13(5-3-12)17-7-8-18-13/h1,6,9,16H,2-5,7-8H2. The largest absolute Gasteiger partial charge is 0.385 e. The second kappa shape index (κ2) is 4.70. The number of hydrogen-bond acceptors (Lipinski definition) is 4. The molecule has 4 nitrogen and oxygen atoms in total. The number of rotatable bonds is 1. The van der Waals surface area contributed by atoms with Gasteiger partial charge < -0.3 is 14.6 Å². The van der Waals surface area contributed by atoms with E-state index in [0.29, 0.717) is 26.1 Å². The van der Waals surface area contributed by atoms with Crippen molar-refractivity contribution in [1.82, 2.24) is 4.98 Å². The first-order valence-electron chi connectivity index (χ1n) is 6.24. The van der Waals surface area contributed by atoms with E-state index in [4.69, 9.17) is 9.47 Å². The van der Waals surface area contributed by atoms with Gasteiger partial charge in [0.25, 0.3) is 0 Å². The van der Waals surface area contributed by atoms with Gasteiger partial charge in [-0.2, -0.15) is 0 Å². The SMILES string of the molecule is OC1(c2ccncc2I)CCC2(CC1)OCCO2. The molecule has 0 amide bonds. The van der Waals surface area contributed by atoms with Crippen molar-refractivity contribution in [1.29, 1.82) is 0 Å². The fraction of sp³-hybridized carbons (Fsp3) is 0.615. The second-order valence-corrected chi connectivity index (χ2v) is 6.16. The van der Waals surface area contributed by atoms with Crippen molar-refractivity contribution in [3.8, 4) is 0 Å². The maximum atomic E-state index is 10.8. The van der Waals surface area contributed by atoms with Gasteiger partial charge in [0.15, 0.2) is 5.79 Å². The summed E-state index contributed by atoms with van der Waals surface area (Å²) >= 11 is 2.23. The molecule has 0 radical (unpaired) electrons. The van der Waals surface area contributed by atoms with E-state index in [0.717, 1.165) is 22.0 Å². The molecule has 0 atom stereocenters. The first kappa shape index (κ1) is 12.8. The number of pyridine rings is 1. The Labute approximate surface area is 120 Å². The minimum absolute atomic E-state index is 0.426. The van der Waals surface area contributed by atoms with E-state index in [2.05, 4.69) is 27.6 Å². The van der Waals surface area contributed by atoms with Crippen LogP contribution in [0.2, 0.25) is 0 Å². The highest BCUT2D eigenvalue weighted by molar-refractivity contribution is 14.1. The lowest BCUT2D eigenvalue weighted by atomic mass is 9.77. The third kappa shape index (κ3) is 2.17. The van der Waals surface area contributed by atoms with Crippen LogP contribution in [0, 0.1) is 3.57 Å². The number of aromatic nitrogens is 1. The number of aliphatic hydroxyl groups is 1. The molecule has 5 heteroatoms. The monoisotopic (exact) mass is 361 g/mol. The van der Waals surface area contributed by atoms with Crippen LogP contribution in [0.1, 0.15) is 31.2 Å². The van der Waals surface area contributed by atoms with Crippen LogP contribution in [0.15, 0.2) is 18.5 Å². The highest BCUT2D eigenvalue weighted by Gasteiger charge is 2.46. The van der Waals surface area contributed by atoms with Crippen molar-refractivity contribution in [2.45, 2.75) is 37.1 Å². The molecule has 3 rings (SSSR count). The summed E-state index contributed by atoms with van der Waals surface area (Å²) in [6.45, 7) is 1.34. The van der Waals surface area contributed by atoms with Gasteiger partial charge in [0.05, 0.1) is 18.8 Å². The Morgan fingerprint density at radius 1 is 1.17 bits per heavy atom. The Bertz CT molecular complexity index is 436. The zero-order chi connectivity index (χ0) is 12.6. The van der Waals surface area contributed by atoms with E-state index >= 15 is 0 Å². The number of ether oxygens (including phenoxy) is 2. The third-order valence-electron chi connectivity index (χ3n) is 3.93. The van der Waals surface area contributed by atoms with E-state index in [1.807, 2.05) is 6.07 Å². The quantitative estimate of drug-likeness (QED) is 0.780. The Hall–Kier alpha value is -0.240. The van der Waals surface area contributed by atoms with Gasteiger partial charge in [-0.1, -0.05) is 0 Å². The molecule has 1 N–H and O–H groups in total. The Morgan fingerprint density at radius 2 is 1.83 bits per heavy atom. The van der Waals surface area contributed by atoms with Gasteiger partial charge in [-0.3, -0.25) is 4.98 Å². The summed E-state index contributed by atoms with van der Waals surface area (Å²) in [6, 6.07) is 1.91. The molecule has 1 aromatic rings. The molecule has 2 heterocycles. The zero-order valence-electron chi connectivity index (χ0n) is 10.1. The fourth-order valence-electron chi connectivity index (χ4n) is 2.85. The van der Waals surface area contributed by atoms with Crippen LogP contribution in [0.25, 0.3) is 0 Å². The normalized spacial score (nSPS) is 25.4. The molecular formula is C13H16INO3. The van der Waals surface area contributed by atoms with Gasteiger partial charge in [0.1, 0.15) is 0 Å². The highest BCUT2D eigenvalue weighted by Crippen LogP contribution is 2.45. The molecule has 2 fully saturated rings. The summed E-state index contributed by atoms with van der Waals surface area (Å²) in [6.07, 6.45) is 6.38. The molecule has 0 bridgehead atoms. The lowest BCUT2D eigenvalue weighted by Crippen LogP contribution is -2.42. The van der Waals surface area contributed by atoms with E-state index in [1.165, 1.54) is 0 Å². The molecule has 2 aliphatic rings. The Morgan fingerprint density at radius 3 is 2.44 bits per heavy atom. The first-order chi connectivity index (χ1) is 8.64. The van der Waals surface area contributed by atoms with Crippen LogP contribution in [0.4, 0.5) is 0 Å². The lowest BCUT2D eigenvalue weighted by Gasteiger charge is -2.41. The van der Waals surface area contributed by atoms with Crippen LogP contribution in [-0.4, -0.2) is 29.1 Å². The Balaban J connectivity index is 1.80. The van der Waals surface area contributed by atoms with Crippen molar-refractivity contribution in [3.05, 3.63) is 27.6 Å². The summed E-state index contributed by atoms with van der Waals surface area (Å²) in [5, 5.41) is 10.8. The molecule has 1 saturated heterocycles. The van der Waals surface area contributed by atoms with Crippen molar-refractivity contribution >= 4 is 22.6 Å². The lowest BCUT2D eigenvalue weighted by molar-refractivity contribution is -0.204. The van der Waals surface area contributed by atoms with Gasteiger partial charge in [-0.15, -0.1) is 0 Å². The molecule has 1 aliphatic carbocycles. The van der Waals surface area contributed by atoms with Gasteiger partial charge >= 0.3 is 0 Å². The highest BCUT2D eigenvalue weighted by atomic mass is 127. The predicted octanol–water partition coefficient (Wildman–Crippen LogP) is 2.19.